The summed E-state index contributed by atoms with van der Waals surface area (Å²) in [7, 11) is 0. The molecule has 0 spiro atoms. The molecule has 6 heteroatoms. The maximum absolute atomic E-state index is 12.3. The number of carbonyl (C=O) groups excluding carboxylic acids is 1. The van der Waals surface area contributed by atoms with E-state index in [1.165, 1.54) is 25.7 Å². The lowest BCUT2D eigenvalue weighted by molar-refractivity contribution is 0.198. The van der Waals surface area contributed by atoms with Gasteiger partial charge in [-0.15, -0.1) is 0 Å². The molecule has 0 saturated carbocycles. The molecular formula is C16H25ClN4O. The van der Waals surface area contributed by atoms with Crippen LogP contribution < -0.4 is 5.32 Å². The number of carbonyl (C=O) groups is 1. The van der Waals surface area contributed by atoms with E-state index >= 15 is 0 Å². The van der Waals surface area contributed by atoms with Crippen molar-refractivity contribution >= 4 is 23.3 Å². The zero-order valence-corrected chi connectivity index (χ0v) is 14.0. The molecule has 1 aromatic rings. The van der Waals surface area contributed by atoms with Crippen molar-refractivity contribution in [2.45, 2.75) is 32.6 Å². The molecule has 122 valence electrons. The molecule has 1 aliphatic heterocycles. The van der Waals surface area contributed by atoms with Gasteiger partial charge in [-0.1, -0.05) is 24.4 Å². The Balaban J connectivity index is 1.81. The summed E-state index contributed by atoms with van der Waals surface area (Å²) in [6.07, 6.45) is 6.78. The lowest BCUT2D eigenvalue weighted by Gasteiger charge is -2.26. The van der Waals surface area contributed by atoms with Crippen molar-refractivity contribution in [3.8, 4) is 0 Å². The fourth-order valence-electron chi connectivity index (χ4n) is 2.68. The fraction of sp³-hybridized carbons (Fsp3) is 0.625. The van der Waals surface area contributed by atoms with Crippen LogP contribution in [0.2, 0.25) is 5.15 Å². The second-order valence-electron chi connectivity index (χ2n) is 5.64. The predicted octanol–water partition coefficient (Wildman–Crippen LogP) is 3.46. The number of anilines is 1. The number of likely N-dealkylation sites (tertiary alicyclic amines) is 1. The van der Waals surface area contributed by atoms with E-state index in [-0.39, 0.29) is 6.03 Å². The average Bonchev–Trinajstić information content (AvgIpc) is 2.79. The van der Waals surface area contributed by atoms with Gasteiger partial charge in [-0.2, -0.15) is 0 Å². The summed E-state index contributed by atoms with van der Waals surface area (Å²) in [5, 5.41) is 3.29. The Kier molecular flexibility index (Phi) is 6.93. The van der Waals surface area contributed by atoms with Gasteiger partial charge in [-0.05, 0) is 45.0 Å². The van der Waals surface area contributed by atoms with Crippen LogP contribution in [0, 0.1) is 0 Å². The Morgan fingerprint density at radius 1 is 1.32 bits per heavy atom. The highest BCUT2D eigenvalue weighted by molar-refractivity contribution is 6.29. The highest BCUT2D eigenvalue weighted by Gasteiger charge is 2.15. The number of aromatic nitrogens is 1. The van der Waals surface area contributed by atoms with Crippen LogP contribution in [0.15, 0.2) is 18.3 Å². The summed E-state index contributed by atoms with van der Waals surface area (Å²) in [6, 6.07) is 3.35. The highest BCUT2D eigenvalue weighted by Crippen LogP contribution is 2.11. The van der Waals surface area contributed by atoms with E-state index in [4.69, 9.17) is 11.6 Å². The van der Waals surface area contributed by atoms with Gasteiger partial charge in [0.2, 0.25) is 0 Å². The third-order valence-corrected chi connectivity index (χ3v) is 4.26. The van der Waals surface area contributed by atoms with Crippen molar-refractivity contribution < 1.29 is 4.79 Å². The molecule has 0 unspecified atom stereocenters. The number of pyridine rings is 1. The van der Waals surface area contributed by atoms with Crippen LogP contribution in [0.5, 0.6) is 0 Å². The molecule has 0 atom stereocenters. The van der Waals surface area contributed by atoms with Crippen molar-refractivity contribution in [1.29, 1.82) is 0 Å². The highest BCUT2D eigenvalue weighted by atomic mass is 35.5. The van der Waals surface area contributed by atoms with E-state index in [0.717, 1.165) is 26.2 Å². The van der Waals surface area contributed by atoms with Gasteiger partial charge >= 0.3 is 6.03 Å². The Bertz CT molecular complexity index is 458. The molecule has 1 N–H and O–H groups in total. The van der Waals surface area contributed by atoms with Crippen molar-refractivity contribution in [3.05, 3.63) is 23.5 Å². The van der Waals surface area contributed by atoms with Crippen molar-refractivity contribution in [1.82, 2.24) is 14.8 Å². The minimum atomic E-state index is -0.0820. The number of nitrogens with zero attached hydrogens (tertiary/aromatic N) is 3. The molecule has 1 aromatic heterocycles. The zero-order valence-electron chi connectivity index (χ0n) is 13.2. The quantitative estimate of drug-likeness (QED) is 0.844. The fourth-order valence-corrected chi connectivity index (χ4v) is 2.79. The molecule has 0 aromatic carbocycles. The minimum absolute atomic E-state index is 0.0820. The smallest absolute Gasteiger partial charge is 0.321 e. The summed E-state index contributed by atoms with van der Waals surface area (Å²) < 4.78 is 0. The molecule has 2 heterocycles. The van der Waals surface area contributed by atoms with Crippen LogP contribution in [0.4, 0.5) is 10.5 Å². The largest absolute Gasteiger partial charge is 0.324 e. The van der Waals surface area contributed by atoms with Gasteiger partial charge in [-0.25, -0.2) is 9.78 Å². The monoisotopic (exact) mass is 324 g/mol. The summed E-state index contributed by atoms with van der Waals surface area (Å²) in [6.45, 7) is 6.70. The van der Waals surface area contributed by atoms with Crippen LogP contribution >= 0.6 is 11.6 Å². The number of likely N-dealkylation sites (N-methyl/N-ethyl adjacent to an activating group) is 1. The molecule has 2 rings (SSSR count). The molecule has 1 fully saturated rings. The number of halogens is 1. The van der Waals surface area contributed by atoms with E-state index in [1.54, 1.807) is 18.3 Å². The number of hydrogen-bond donors (Lipinski definition) is 1. The maximum atomic E-state index is 12.3. The third kappa shape index (κ3) is 5.46. The minimum Gasteiger partial charge on any atom is -0.324 e. The summed E-state index contributed by atoms with van der Waals surface area (Å²) in [4.78, 5) is 20.6. The van der Waals surface area contributed by atoms with Gasteiger partial charge in [0.25, 0.3) is 0 Å². The van der Waals surface area contributed by atoms with Gasteiger partial charge in [0.05, 0.1) is 11.9 Å². The van der Waals surface area contributed by atoms with Crippen LogP contribution in [0.3, 0.4) is 0 Å². The molecule has 22 heavy (non-hydrogen) atoms. The van der Waals surface area contributed by atoms with Crippen molar-refractivity contribution in [3.63, 3.8) is 0 Å². The van der Waals surface area contributed by atoms with Gasteiger partial charge in [0.1, 0.15) is 5.15 Å². The van der Waals surface area contributed by atoms with Gasteiger partial charge in [0, 0.05) is 19.6 Å². The Morgan fingerprint density at radius 2 is 2.05 bits per heavy atom. The molecular weight excluding hydrogens is 300 g/mol. The standard InChI is InChI=1S/C16H25ClN4O/c1-2-21(12-11-20-9-5-3-4-6-10-20)16(22)19-14-7-8-15(17)18-13-14/h7-8,13H,2-6,9-12H2,1H3,(H,19,22). The summed E-state index contributed by atoms with van der Waals surface area (Å²) in [5.41, 5.74) is 0.669. The first-order chi connectivity index (χ1) is 10.7. The Hall–Kier alpha value is -1.33. The lowest BCUT2D eigenvalue weighted by Crippen LogP contribution is -2.41. The number of amides is 2. The molecule has 2 amide bonds. The molecule has 0 radical (unpaired) electrons. The van der Waals surface area contributed by atoms with E-state index in [2.05, 4.69) is 15.2 Å². The summed E-state index contributed by atoms with van der Waals surface area (Å²) >= 11 is 5.75. The first kappa shape index (κ1) is 17.0. The molecule has 1 aliphatic rings. The van der Waals surface area contributed by atoms with Crippen LogP contribution in [-0.2, 0) is 0 Å². The van der Waals surface area contributed by atoms with Gasteiger partial charge in [0.15, 0.2) is 0 Å². The summed E-state index contributed by atoms with van der Waals surface area (Å²) in [5.74, 6) is 0. The van der Waals surface area contributed by atoms with Gasteiger partial charge in [-0.3, -0.25) is 0 Å². The number of hydrogen-bond acceptors (Lipinski definition) is 3. The van der Waals surface area contributed by atoms with E-state index in [1.807, 2.05) is 11.8 Å². The van der Waals surface area contributed by atoms with Gasteiger partial charge < -0.3 is 15.1 Å². The van der Waals surface area contributed by atoms with Crippen LogP contribution in [0.1, 0.15) is 32.6 Å². The molecule has 0 aliphatic carbocycles. The van der Waals surface area contributed by atoms with E-state index < -0.39 is 0 Å². The van der Waals surface area contributed by atoms with Crippen molar-refractivity contribution in [2.75, 3.05) is 38.0 Å². The third-order valence-electron chi connectivity index (χ3n) is 4.03. The van der Waals surface area contributed by atoms with Crippen LogP contribution in [-0.4, -0.2) is 53.5 Å². The Morgan fingerprint density at radius 3 is 2.64 bits per heavy atom. The SMILES string of the molecule is CCN(CCN1CCCCCC1)C(=O)Nc1ccc(Cl)nc1. The van der Waals surface area contributed by atoms with E-state index in [9.17, 15) is 4.79 Å². The second-order valence-corrected chi connectivity index (χ2v) is 6.02. The molecule has 0 bridgehead atoms. The number of nitrogens with one attached hydrogen (secondary N) is 1. The zero-order chi connectivity index (χ0) is 15.8. The second kappa shape index (κ2) is 8.96. The van der Waals surface area contributed by atoms with E-state index in [0.29, 0.717) is 17.4 Å². The topological polar surface area (TPSA) is 48.5 Å². The normalized spacial score (nSPS) is 16.1. The van der Waals surface area contributed by atoms with Crippen molar-refractivity contribution in [2.24, 2.45) is 0 Å². The number of urea groups is 1. The predicted molar refractivity (Wildman–Crippen MR) is 90.4 cm³/mol. The van der Waals surface area contributed by atoms with Crippen LogP contribution in [0.25, 0.3) is 0 Å². The first-order valence-corrected chi connectivity index (χ1v) is 8.46. The lowest BCUT2D eigenvalue weighted by atomic mass is 10.2. The number of rotatable bonds is 5. The first-order valence-electron chi connectivity index (χ1n) is 8.09. The average molecular weight is 325 g/mol. The Labute approximate surface area is 137 Å². The molecule has 1 saturated heterocycles. The maximum Gasteiger partial charge on any atom is 0.321 e. The molecule has 5 nitrogen and oxygen atoms in total.